The smallest absolute Gasteiger partial charge is 0.352 e. The molecule has 2 aromatic heterocycles. The van der Waals surface area contributed by atoms with Crippen molar-refractivity contribution in [2.45, 2.75) is 27.2 Å². The molecule has 3 rings (SSSR count). The lowest BCUT2D eigenvalue weighted by Crippen LogP contribution is -2.24. The van der Waals surface area contributed by atoms with E-state index in [2.05, 4.69) is 34.8 Å². The van der Waals surface area contributed by atoms with Crippen molar-refractivity contribution in [3.8, 4) is 5.69 Å². The van der Waals surface area contributed by atoms with Crippen molar-refractivity contribution in [3.63, 3.8) is 0 Å². The average molecular weight is 377 g/mol. The molecule has 0 saturated carbocycles. The Bertz CT molecular complexity index is 1050. The molecular weight excluding hydrogens is 354 g/mol. The van der Waals surface area contributed by atoms with Crippen LogP contribution in [0.15, 0.2) is 54.4 Å². The summed E-state index contributed by atoms with van der Waals surface area (Å²) in [5, 5.41) is 12.6. The molecular formula is C22H23N3O3. The van der Waals surface area contributed by atoms with Crippen LogP contribution in [0.2, 0.25) is 0 Å². The minimum atomic E-state index is -1.18. The number of amides is 1. The Morgan fingerprint density at radius 3 is 2.54 bits per heavy atom. The predicted octanol–water partition coefficient (Wildman–Crippen LogP) is 3.79. The summed E-state index contributed by atoms with van der Waals surface area (Å²) in [6, 6.07) is 13.6. The highest BCUT2D eigenvalue weighted by molar-refractivity contribution is 5.96. The lowest BCUT2D eigenvalue weighted by Gasteiger charge is -2.12. The maximum atomic E-state index is 11.3. The zero-order valence-electron chi connectivity index (χ0n) is 16.1. The Labute approximate surface area is 163 Å². The fraction of sp³-hybridized carbons (Fsp3) is 0.227. The molecule has 0 atom stereocenters. The Kier molecular flexibility index (Phi) is 5.59. The number of nitrogens with one attached hydrogen (secondary N) is 1. The fourth-order valence-electron chi connectivity index (χ4n) is 3.17. The quantitative estimate of drug-likeness (QED) is 0.640. The lowest BCUT2D eigenvalue weighted by atomic mass is 10.1. The van der Waals surface area contributed by atoms with E-state index in [9.17, 15) is 14.7 Å². The van der Waals surface area contributed by atoms with Crippen LogP contribution in [0.4, 0.5) is 0 Å². The number of carboxylic acid groups (broad SMARTS) is 1. The second-order valence-corrected chi connectivity index (χ2v) is 7.12. The van der Waals surface area contributed by atoms with Crippen LogP contribution < -0.4 is 5.32 Å². The molecule has 144 valence electrons. The van der Waals surface area contributed by atoms with Crippen molar-refractivity contribution in [1.82, 2.24) is 14.9 Å². The SMILES string of the molecule is CC(=O)N/C(=C\c1ccc(-n2c(CC(C)C)cc3cccnc32)cc1)C(=O)O. The summed E-state index contributed by atoms with van der Waals surface area (Å²) in [6.45, 7) is 5.64. The minimum absolute atomic E-state index is 0.158. The van der Waals surface area contributed by atoms with Crippen LogP contribution in [-0.4, -0.2) is 26.5 Å². The highest BCUT2D eigenvalue weighted by atomic mass is 16.4. The molecule has 0 bridgehead atoms. The number of carbonyl (C=O) groups is 2. The second kappa shape index (κ2) is 8.08. The van der Waals surface area contributed by atoms with Crippen LogP contribution in [-0.2, 0) is 16.0 Å². The average Bonchev–Trinajstić information content (AvgIpc) is 2.98. The van der Waals surface area contributed by atoms with Gasteiger partial charge in [-0.3, -0.25) is 9.36 Å². The monoisotopic (exact) mass is 377 g/mol. The van der Waals surface area contributed by atoms with Crippen molar-refractivity contribution in [1.29, 1.82) is 0 Å². The molecule has 2 N–H and O–H groups in total. The zero-order chi connectivity index (χ0) is 20.3. The van der Waals surface area contributed by atoms with Gasteiger partial charge in [0.2, 0.25) is 5.91 Å². The van der Waals surface area contributed by atoms with Gasteiger partial charge < -0.3 is 10.4 Å². The van der Waals surface area contributed by atoms with Crippen molar-refractivity contribution in [2.75, 3.05) is 0 Å². The lowest BCUT2D eigenvalue weighted by molar-refractivity contribution is -0.134. The molecule has 28 heavy (non-hydrogen) atoms. The van der Waals surface area contributed by atoms with E-state index in [0.29, 0.717) is 11.5 Å². The van der Waals surface area contributed by atoms with E-state index >= 15 is 0 Å². The molecule has 0 spiro atoms. The van der Waals surface area contributed by atoms with Crippen molar-refractivity contribution in [2.24, 2.45) is 5.92 Å². The summed E-state index contributed by atoms with van der Waals surface area (Å²) < 4.78 is 2.13. The maximum Gasteiger partial charge on any atom is 0.352 e. The largest absolute Gasteiger partial charge is 0.477 e. The Morgan fingerprint density at radius 1 is 1.21 bits per heavy atom. The van der Waals surface area contributed by atoms with Crippen LogP contribution in [0.5, 0.6) is 0 Å². The molecule has 3 aromatic rings. The summed E-state index contributed by atoms with van der Waals surface area (Å²) in [4.78, 5) is 27.0. The van der Waals surface area contributed by atoms with E-state index in [1.807, 2.05) is 36.4 Å². The minimum Gasteiger partial charge on any atom is -0.477 e. The zero-order valence-corrected chi connectivity index (χ0v) is 16.1. The number of fused-ring (bicyclic) bond motifs is 1. The van der Waals surface area contributed by atoms with E-state index < -0.39 is 11.9 Å². The molecule has 2 heterocycles. The normalized spacial score (nSPS) is 11.8. The van der Waals surface area contributed by atoms with Gasteiger partial charge in [0.15, 0.2) is 0 Å². The van der Waals surface area contributed by atoms with Gasteiger partial charge in [-0.15, -0.1) is 0 Å². The standard InChI is InChI=1S/C22H23N3O3/c1-14(2)11-19-13-17-5-4-10-23-21(17)25(19)18-8-6-16(7-9-18)12-20(22(27)28)24-15(3)26/h4-10,12-14H,11H2,1-3H3,(H,24,26)(H,27,28)/b20-12-. The number of pyridine rings is 1. The number of hydrogen-bond acceptors (Lipinski definition) is 3. The molecule has 6 nitrogen and oxygen atoms in total. The van der Waals surface area contributed by atoms with Crippen LogP contribution in [0, 0.1) is 5.92 Å². The van der Waals surface area contributed by atoms with Gasteiger partial charge in [0.1, 0.15) is 11.3 Å². The van der Waals surface area contributed by atoms with Gasteiger partial charge in [-0.05, 0) is 54.3 Å². The van der Waals surface area contributed by atoms with Crippen LogP contribution in [0.25, 0.3) is 22.8 Å². The number of rotatable bonds is 6. The van der Waals surface area contributed by atoms with Gasteiger partial charge in [-0.1, -0.05) is 26.0 Å². The summed E-state index contributed by atoms with van der Waals surface area (Å²) in [5.41, 5.74) is 3.55. The summed E-state index contributed by atoms with van der Waals surface area (Å²) >= 11 is 0. The van der Waals surface area contributed by atoms with Gasteiger partial charge in [0.25, 0.3) is 0 Å². The highest BCUT2D eigenvalue weighted by Crippen LogP contribution is 2.25. The third kappa shape index (κ3) is 4.28. The van der Waals surface area contributed by atoms with Crippen molar-refractivity contribution < 1.29 is 14.7 Å². The molecule has 0 saturated heterocycles. The Morgan fingerprint density at radius 2 is 1.93 bits per heavy atom. The molecule has 0 aliphatic heterocycles. The predicted molar refractivity (Wildman–Crippen MR) is 109 cm³/mol. The van der Waals surface area contributed by atoms with E-state index in [1.165, 1.54) is 18.7 Å². The molecule has 1 aromatic carbocycles. The highest BCUT2D eigenvalue weighted by Gasteiger charge is 2.13. The number of nitrogens with zero attached hydrogens (tertiary/aromatic N) is 2. The van der Waals surface area contributed by atoms with Gasteiger partial charge in [-0.25, -0.2) is 9.78 Å². The molecule has 0 radical (unpaired) electrons. The molecule has 0 fully saturated rings. The van der Waals surface area contributed by atoms with E-state index in [0.717, 1.165) is 23.1 Å². The van der Waals surface area contributed by atoms with E-state index in [1.54, 1.807) is 6.20 Å². The third-order valence-electron chi connectivity index (χ3n) is 4.26. The second-order valence-electron chi connectivity index (χ2n) is 7.12. The number of aliphatic carboxylic acids is 1. The van der Waals surface area contributed by atoms with Crippen LogP contribution in [0.1, 0.15) is 32.0 Å². The summed E-state index contributed by atoms with van der Waals surface area (Å²) in [7, 11) is 0. The molecule has 0 aliphatic carbocycles. The van der Waals surface area contributed by atoms with Crippen LogP contribution in [0.3, 0.4) is 0 Å². The first-order valence-corrected chi connectivity index (χ1v) is 9.13. The third-order valence-corrected chi connectivity index (χ3v) is 4.26. The Balaban J connectivity index is 2.02. The molecule has 0 unspecified atom stereocenters. The topological polar surface area (TPSA) is 84.2 Å². The van der Waals surface area contributed by atoms with Gasteiger partial charge in [-0.2, -0.15) is 0 Å². The van der Waals surface area contributed by atoms with Crippen molar-refractivity contribution >= 4 is 29.0 Å². The molecule has 0 aliphatic rings. The number of benzene rings is 1. The Hall–Kier alpha value is -3.41. The van der Waals surface area contributed by atoms with Crippen molar-refractivity contribution in [3.05, 3.63) is 65.6 Å². The molecule has 1 amide bonds. The maximum absolute atomic E-state index is 11.3. The van der Waals surface area contributed by atoms with Crippen LogP contribution >= 0.6 is 0 Å². The number of aromatic nitrogens is 2. The van der Waals surface area contributed by atoms with E-state index in [4.69, 9.17) is 0 Å². The first-order valence-electron chi connectivity index (χ1n) is 9.13. The summed E-state index contributed by atoms with van der Waals surface area (Å²) in [5.74, 6) is -1.10. The van der Waals surface area contributed by atoms with Gasteiger partial charge in [0.05, 0.1) is 0 Å². The van der Waals surface area contributed by atoms with Gasteiger partial charge in [0, 0.05) is 29.9 Å². The van der Waals surface area contributed by atoms with E-state index in [-0.39, 0.29) is 5.70 Å². The van der Waals surface area contributed by atoms with Gasteiger partial charge >= 0.3 is 5.97 Å². The molecule has 6 heteroatoms. The first-order chi connectivity index (χ1) is 13.3. The number of carbonyl (C=O) groups excluding carboxylic acids is 1. The number of hydrogen-bond donors (Lipinski definition) is 2. The number of carboxylic acids is 1. The first kappa shape index (κ1) is 19.4. The fourth-order valence-corrected chi connectivity index (χ4v) is 3.17. The summed E-state index contributed by atoms with van der Waals surface area (Å²) in [6.07, 6.45) is 4.14.